The Balaban J connectivity index is 2.79. The fraction of sp³-hybridized carbons (Fsp3) is 0.462. The van der Waals surface area contributed by atoms with Crippen LogP contribution in [0.2, 0.25) is 5.02 Å². The van der Waals surface area contributed by atoms with E-state index in [9.17, 15) is 17.2 Å². The van der Waals surface area contributed by atoms with Crippen LogP contribution in [0.5, 0.6) is 0 Å². The van der Waals surface area contributed by atoms with Gasteiger partial charge in [0.1, 0.15) is 6.54 Å². The third-order valence-corrected chi connectivity index (χ3v) is 3.97. The van der Waals surface area contributed by atoms with Gasteiger partial charge in [-0.25, -0.2) is 17.2 Å². The Kier molecular flexibility index (Phi) is 4.62. The van der Waals surface area contributed by atoms with Crippen molar-refractivity contribution < 1.29 is 17.2 Å². The maximum absolute atomic E-state index is 12.8. The molecule has 2 rings (SSSR count). The number of hydrogen-bond donors (Lipinski definition) is 1. The van der Waals surface area contributed by atoms with Gasteiger partial charge in [-0.05, 0) is 17.5 Å². The zero-order valence-electron chi connectivity index (χ0n) is 12.3. The average Bonchev–Trinajstić information content (AvgIpc) is 2.65. The van der Waals surface area contributed by atoms with Gasteiger partial charge < -0.3 is 0 Å². The Morgan fingerprint density at radius 2 is 2.00 bits per heavy atom. The van der Waals surface area contributed by atoms with Crippen molar-refractivity contribution in [2.24, 2.45) is 0 Å². The smallest absolute Gasteiger partial charge is 0.257 e. The van der Waals surface area contributed by atoms with Crippen molar-refractivity contribution in [3.8, 4) is 0 Å². The molecule has 2 aromatic rings. The van der Waals surface area contributed by atoms with Crippen LogP contribution in [0.4, 0.5) is 14.6 Å². The highest BCUT2D eigenvalue weighted by Gasteiger charge is 2.22. The van der Waals surface area contributed by atoms with E-state index >= 15 is 0 Å². The number of anilines is 1. The van der Waals surface area contributed by atoms with E-state index in [1.807, 2.05) is 13.8 Å². The van der Waals surface area contributed by atoms with Gasteiger partial charge in [0.2, 0.25) is 10.0 Å². The lowest BCUT2D eigenvalue weighted by molar-refractivity contribution is 0.123. The normalized spacial score (nSPS) is 12.5. The van der Waals surface area contributed by atoms with Crippen LogP contribution in [-0.4, -0.2) is 30.9 Å². The summed E-state index contributed by atoms with van der Waals surface area (Å²) in [5.41, 5.74) is 1.20. The Morgan fingerprint density at radius 1 is 1.36 bits per heavy atom. The molecule has 0 saturated heterocycles. The molecule has 9 heteroatoms. The maximum atomic E-state index is 12.8. The Labute approximate surface area is 132 Å². The number of sulfonamides is 1. The van der Waals surface area contributed by atoms with Crippen LogP contribution in [0.25, 0.3) is 10.9 Å². The first-order valence-electron chi connectivity index (χ1n) is 6.55. The lowest BCUT2D eigenvalue weighted by atomic mass is 10.0. The average molecular weight is 352 g/mol. The molecule has 0 radical (unpaired) electrons. The summed E-state index contributed by atoms with van der Waals surface area (Å²) in [7, 11) is -3.61. The van der Waals surface area contributed by atoms with Crippen molar-refractivity contribution in [3.63, 3.8) is 0 Å². The topological polar surface area (TPSA) is 64.0 Å². The van der Waals surface area contributed by atoms with E-state index in [1.54, 1.807) is 12.1 Å². The minimum absolute atomic E-state index is 0.0364. The largest absolute Gasteiger partial charge is 0.266 e. The standard InChI is InChI=1S/C13H16ClF2N3O2S/c1-7(2)8-4-5-9(14)11-12(8)19(6-10(15)16)17-13(11)18-22(3,20)21/h4-5,7,10H,6H2,1-3H3,(H,17,18). The van der Waals surface area contributed by atoms with Crippen molar-refractivity contribution in [3.05, 3.63) is 22.7 Å². The molecule has 1 aromatic heterocycles. The third-order valence-electron chi connectivity index (χ3n) is 3.09. The third kappa shape index (κ3) is 3.49. The second-order valence-corrected chi connectivity index (χ2v) is 7.47. The van der Waals surface area contributed by atoms with Gasteiger partial charge in [-0.2, -0.15) is 5.10 Å². The summed E-state index contributed by atoms with van der Waals surface area (Å²) >= 11 is 6.14. The number of rotatable bonds is 5. The Bertz CT molecular complexity index is 803. The van der Waals surface area contributed by atoms with Gasteiger partial charge in [0.05, 0.1) is 22.2 Å². The predicted molar refractivity (Wildman–Crippen MR) is 83.3 cm³/mol. The molecule has 0 aliphatic heterocycles. The highest BCUT2D eigenvalue weighted by Crippen LogP contribution is 2.36. The van der Waals surface area contributed by atoms with Crippen LogP contribution in [0, 0.1) is 0 Å². The molecule has 0 saturated carbocycles. The van der Waals surface area contributed by atoms with E-state index in [2.05, 4.69) is 9.82 Å². The maximum Gasteiger partial charge on any atom is 0.257 e. The summed E-state index contributed by atoms with van der Waals surface area (Å²) in [6.07, 6.45) is -1.65. The van der Waals surface area contributed by atoms with Crippen LogP contribution in [0.15, 0.2) is 12.1 Å². The van der Waals surface area contributed by atoms with Gasteiger partial charge in [-0.1, -0.05) is 31.5 Å². The first-order chi connectivity index (χ1) is 10.1. The highest BCUT2D eigenvalue weighted by molar-refractivity contribution is 7.92. The summed E-state index contributed by atoms with van der Waals surface area (Å²) in [5, 5.41) is 4.57. The van der Waals surface area contributed by atoms with E-state index in [0.717, 1.165) is 16.5 Å². The monoisotopic (exact) mass is 351 g/mol. The molecule has 0 unspecified atom stereocenters. The van der Waals surface area contributed by atoms with Crippen LogP contribution >= 0.6 is 11.6 Å². The van der Waals surface area contributed by atoms with Gasteiger partial charge in [-0.3, -0.25) is 9.40 Å². The molecule has 0 aliphatic rings. The molecule has 22 heavy (non-hydrogen) atoms. The molecule has 122 valence electrons. The van der Waals surface area contributed by atoms with Crippen molar-refractivity contribution in [1.29, 1.82) is 0 Å². The Morgan fingerprint density at radius 3 is 2.50 bits per heavy atom. The number of benzene rings is 1. The molecule has 1 heterocycles. The van der Waals surface area contributed by atoms with E-state index in [0.29, 0.717) is 10.9 Å². The molecule has 0 bridgehead atoms. The van der Waals surface area contributed by atoms with Gasteiger partial charge in [0.25, 0.3) is 6.43 Å². The van der Waals surface area contributed by atoms with Crippen molar-refractivity contribution in [1.82, 2.24) is 9.78 Å². The quantitative estimate of drug-likeness (QED) is 0.897. The fourth-order valence-corrected chi connectivity index (χ4v) is 3.02. The summed E-state index contributed by atoms with van der Waals surface area (Å²) in [5.74, 6) is 0.00428. The number of fused-ring (bicyclic) bond motifs is 1. The molecule has 1 aromatic carbocycles. The summed E-state index contributed by atoms with van der Waals surface area (Å²) in [4.78, 5) is 0. The lowest BCUT2D eigenvalue weighted by Gasteiger charge is -2.11. The number of alkyl halides is 2. The van der Waals surface area contributed by atoms with Crippen molar-refractivity contribution >= 4 is 38.3 Å². The number of hydrogen-bond acceptors (Lipinski definition) is 3. The second-order valence-electron chi connectivity index (χ2n) is 5.31. The molecule has 0 aliphatic carbocycles. The molecule has 0 amide bonds. The molecule has 0 spiro atoms. The minimum Gasteiger partial charge on any atom is -0.266 e. The molecule has 0 fully saturated rings. The molecular weight excluding hydrogens is 336 g/mol. The number of nitrogens with one attached hydrogen (secondary N) is 1. The van der Waals surface area contributed by atoms with Gasteiger partial charge >= 0.3 is 0 Å². The van der Waals surface area contributed by atoms with E-state index < -0.39 is 23.0 Å². The van der Waals surface area contributed by atoms with E-state index in [4.69, 9.17) is 11.6 Å². The highest BCUT2D eigenvalue weighted by atomic mass is 35.5. The van der Waals surface area contributed by atoms with Crippen LogP contribution in [0.3, 0.4) is 0 Å². The first-order valence-corrected chi connectivity index (χ1v) is 8.82. The van der Waals surface area contributed by atoms with E-state index in [-0.39, 0.29) is 16.8 Å². The van der Waals surface area contributed by atoms with Crippen LogP contribution in [-0.2, 0) is 16.6 Å². The summed E-state index contributed by atoms with van der Waals surface area (Å²) < 4.78 is 51.8. The zero-order valence-corrected chi connectivity index (χ0v) is 13.8. The van der Waals surface area contributed by atoms with Gasteiger partial charge in [-0.15, -0.1) is 0 Å². The van der Waals surface area contributed by atoms with E-state index in [1.165, 1.54) is 0 Å². The second kappa shape index (κ2) is 6.00. The van der Waals surface area contributed by atoms with Crippen LogP contribution < -0.4 is 4.72 Å². The molecular formula is C13H16ClF2N3O2S. The zero-order chi connectivity index (χ0) is 16.7. The first kappa shape index (κ1) is 17.0. The van der Waals surface area contributed by atoms with Gasteiger partial charge in [0.15, 0.2) is 5.82 Å². The van der Waals surface area contributed by atoms with Crippen LogP contribution in [0.1, 0.15) is 25.3 Å². The fourth-order valence-electron chi connectivity index (χ4n) is 2.28. The number of aromatic nitrogens is 2. The summed E-state index contributed by atoms with van der Waals surface area (Å²) in [6.45, 7) is 3.18. The number of halogens is 3. The van der Waals surface area contributed by atoms with Crippen molar-refractivity contribution in [2.45, 2.75) is 32.7 Å². The molecule has 1 N–H and O–H groups in total. The minimum atomic E-state index is -3.61. The van der Waals surface area contributed by atoms with Crippen molar-refractivity contribution in [2.75, 3.05) is 11.0 Å². The molecule has 5 nitrogen and oxygen atoms in total. The Hall–Kier alpha value is -1.41. The molecule has 0 atom stereocenters. The lowest BCUT2D eigenvalue weighted by Crippen LogP contribution is -2.12. The van der Waals surface area contributed by atoms with Gasteiger partial charge in [0, 0.05) is 0 Å². The number of nitrogens with zero attached hydrogens (tertiary/aromatic N) is 2. The summed E-state index contributed by atoms with van der Waals surface area (Å²) in [6, 6.07) is 3.35. The predicted octanol–water partition coefficient (Wildman–Crippen LogP) is 3.45. The SMILES string of the molecule is CC(C)c1ccc(Cl)c2c(NS(C)(=O)=O)nn(CC(F)F)c12.